The minimum atomic E-state index is -3.31. The highest BCUT2D eigenvalue weighted by Crippen LogP contribution is 2.16. The van der Waals surface area contributed by atoms with E-state index in [0.29, 0.717) is 17.1 Å². The Labute approximate surface area is 137 Å². The van der Waals surface area contributed by atoms with Crippen LogP contribution >= 0.6 is 15.9 Å². The van der Waals surface area contributed by atoms with E-state index in [4.69, 9.17) is 0 Å². The molecular weight excluding hydrogens is 370 g/mol. The highest BCUT2D eigenvalue weighted by Gasteiger charge is 2.04. The molecule has 0 aliphatic rings. The zero-order valence-electron chi connectivity index (χ0n) is 11.6. The molecule has 0 aliphatic heterocycles. The van der Waals surface area contributed by atoms with Gasteiger partial charge < -0.3 is 10.6 Å². The molecule has 2 aromatic rings. The van der Waals surface area contributed by atoms with Crippen LogP contribution in [-0.2, 0) is 10.0 Å². The second-order valence-corrected chi connectivity index (χ2v) is 7.20. The number of carbonyl (C=O) groups is 1. The molecule has 3 N–H and O–H groups in total. The fourth-order valence-electron chi connectivity index (χ4n) is 1.66. The van der Waals surface area contributed by atoms with E-state index in [1.54, 1.807) is 36.4 Å². The molecule has 0 radical (unpaired) electrons. The van der Waals surface area contributed by atoms with Crippen LogP contribution in [0.2, 0.25) is 0 Å². The van der Waals surface area contributed by atoms with Crippen LogP contribution in [0.3, 0.4) is 0 Å². The van der Waals surface area contributed by atoms with Crippen molar-refractivity contribution in [3.63, 3.8) is 0 Å². The predicted molar refractivity (Wildman–Crippen MR) is 91.7 cm³/mol. The molecule has 0 heterocycles. The Morgan fingerprint density at radius 2 is 1.27 bits per heavy atom. The highest BCUT2D eigenvalue weighted by atomic mass is 79.9. The number of benzene rings is 2. The van der Waals surface area contributed by atoms with E-state index < -0.39 is 10.0 Å². The summed E-state index contributed by atoms with van der Waals surface area (Å²) in [5, 5.41) is 5.34. The third kappa shape index (κ3) is 5.38. The van der Waals surface area contributed by atoms with E-state index in [2.05, 4.69) is 31.3 Å². The molecule has 2 rings (SSSR count). The molecule has 0 spiro atoms. The first-order valence-corrected chi connectivity index (χ1v) is 8.92. The molecule has 116 valence electrons. The average Bonchev–Trinajstić information content (AvgIpc) is 2.42. The van der Waals surface area contributed by atoms with Crippen molar-refractivity contribution in [1.82, 2.24) is 0 Å². The molecule has 0 aliphatic carbocycles. The van der Waals surface area contributed by atoms with E-state index in [-0.39, 0.29) is 6.03 Å². The summed E-state index contributed by atoms with van der Waals surface area (Å²) in [5.41, 5.74) is 1.64. The number of anilines is 3. The smallest absolute Gasteiger partial charge is 0.308 e. The number of urea groups is 1. The van der Waals surface area contributed by atoms with E-state index in [9.17, 15) is 13.2 Å². The van der Waals surface area contributed by atoms with E-state index in [1.165, 1.54) is 0 Å². The van der Waals surface area contributed by atoms with Crippen molar-refractivity contribution >= 4 is 49.0 Å². The topological polar surface area (TPSA) is 87.3 Å². The lowest BCUT2D eigenvalue weighted by molar-refractivity contribution is 0.262. The summed E-state index contributed by atoms with van der Waals surface area (Å²) in [6.07, 6.45) is 1.07. The number of hydrogen-bond acceptors (Lipinski definition) is 3. The van der Waals surface area contributed by atoms with Crippen molar-refractivity contribution in [2.75, 3.05) is 21.6 Å². The maximum absolute atomic E-state index is 11.8. The molecule has 2 aromatic carbocycles. The van der Waals surface area contributed by atoms with Crippen molar-refractivity contribution in [3.8, 4) is 0 Å². The summed E-state index contributed by atoms with van der Waals surface area (Å²) in [6.45, 7) is 0. The van der Waals surface area contributed by atoms with Crippen LogP contribution in [0.4, 0.5) is 21.9 Å². The first-order chi connectivity index (χ1) is 10.3. The first kappa shape index (κ1) is 16.3. The minimum absolute atomic E-state index is 0.383. The number of nitrogens with one attached hydrogen (secondary N) is 3. The van der Waals surface area contributed by atoms with Gasteiger partial charge in [-0.1, -0.05) is 15.9 Å². The Bertz CT molecular complexity index is 759. The third-order valence-electron chi connectivity index (χ3n) is 2.55. The quantitative estimate of drug-likeness (QED) is 0.755. The number of hydrogen-bond donors (Lipinski definition) is 3. The molecule has 8 heteroatoms. The summed E-state index contributed by atoms with van der Waals surface area (Å²) in [6, 6.07) is 13.1. The molecule has 6 nitrogen and oxygen atoms in total. The molecular formula is C14H14BrN3O3S. The van der Waals surface area contributed by atoms with Gasteiger partial charge in [0.25, 0.3) is 0 Å². The van der Waals surface area contributed by atoms with Crippen molar-refractivity contribution in [3.05, 3.63) is 53.0 Å². The Kier molecular flexibility index (Phi) is 5.04. The van der Waals surface area contributed by atoms with Crippen LogP contribution in [0.15, 0.2) is 53.0 Å². The highest BCUT2D eigenvalue weighted by molar-refractivity contribution is 9.10. The van der Waals surface area contributed by atoms with Gasteiger partial charge in [0.1, 0.15) is 0 Å². The van der Waals surface area contributed by atoms with Gasteiger partial charge in [0.05, 0.1) is 6.26 Å². The number of amides is 2. The van der Waals surface area contributed by atoms with Gasteiger partial charge in [-0.2, -0.15) is 0 Å². The molecule has 22 heavy (non-hydrogen) atoms. The van der Waals surface area contributed by atoms with E-state index >= 15 is 0 Å². The standard InChI is InChI=1S/C14H14BrN3O3S/c1-22(20,21)18-13-8-6-12(7-9-13)17-14(19)16-11-4-2-10(15)3-5-11/h2-9,18H,1H3,(H2,16,17,19). The fourth-order valence-corrected chi connectivity index (χ4v) is 2.49. The summed E-state index contributed by atoms with van der Waals surface area (Å²) in [7, 11) is -3.31. The molecule has 0 saturated carbocycles. The molecule has 0 aromatic heterocycles. The molecule has 0 atom stereocenters. The zero-order chi connectivity index (χ0) is 16.2. The van der Waals surface area contributed by atoms with Crippen LogP contribution in [-0.4, -0.2) is 20.7 Å². The van der Waals surface area contributed by atoms with Gasteiger partial charge in [-0.3, -0.25) is 4.72 Å². The number of rotatable bonds is 4. The first-order valence-electron chi connectivity index (χ1n) is 6.23. The Hall–Kier alpha value is -2.06. The summed E-state index contributed by atoms with van der Waals surface area (Å²) in [5.74, 6) is 0. The van der Waals surface area contributed by atoms with Gasteiger partial charge in [-0.25, -0.2) is 13.2 Å². The van der Waals surface area contributed by atoms with Gasteiger partial charge >= 0.3 is 6.03 Å². The monoisotopic (exact) mass is 383 g/mol. The van der Waals surface area contributed by atoms with E-state index in [0.717, 1.165) is 10.7 Å². The van der Waals surface area contributed by atoms with Crippen molar-refractivity contribution in [2.45, 2.75) is 0 Å². The largest absolute Gasteiger partial charge is 0.323 e. The normalized spacial score (nSPS) is 10.8. The second-order valence-electron chi connectivity index (χ2n) is 4.54. The molecule has 0 bridgehead atoms. The fraction of sp³-hybridized carbons (Fsp3) is 0.0714. The Morgan fingerprint density at radius 3 is 1.73 bits per heavy atom. The van der Waals surface area contributed by atoms with Crippen molar-refractivity contribution in [1.29, 1.82) is 0 Å². The maximum atomic E-state index is 11.8. The molecule has 0 unspecified atom stereocenters. The van der Waals surface area contributed by atoms with Crippen LogP contribution in [0.5, 0.6) is 0 Å². The predicted octanol–water partition coefficient (Wildman–Crippen LogP) is 3.46. The van der Waals surface area contributed by atoms with Gasteiger partial charge in [0, 0.05) is 21.5 Å². The Balaban J connectivity index is 1.95. The SMILES string of the molecule is CS(=O)(=O)Nc1ccc(NC(=O)Nc2ccc(Br)cc2)cc1. The number of sulfonamides is 1. The number of carbonyl (C=O) groups excluding carboxylic acids is 1. The lowest BCUT2D eigenvalue weighted by Gasteiger charge is -2.09. The minimum Gasteiger partial charge on any atom is -0.308 e. The Morgan fingerprint density at radius 1 is 0.864 bits per heavy atom. The summed E-state index contributed by atoms with van der Waals surface area (Å²) >= 11 is 3.32. The van der Waals surface area contributed by atoms with Gasteiger partial charge in [-0.15, -0.1) is 0 Å². The van der Waals surface area contributed by atoms with Crippen LogP contribution in [0, 0.1) is 0 Å². The zero-order valence-corrected chi connectivity index (χ0v) is 14.0. The van der Waals surface area contributed by atoms with Gasteiger partial charge in [-0.05, 0) is 48.5 Å². The summed E-state index contributed by atoms with van der Waals surface area (Å²) < 4.78 is 25.5. The summed E-state index contributed by atoms with van der Waals surface area (Å²) in [4.78, 5) is 11.8. The second kappa shape index (κ2) is 6.80. The van der Waals surface area contributed by atoms with Gasteiger partial charge in [0.15, 0.2) is 0 Å². The number of halogens is 1. The lowest BCUT2D eigenvalue weighted by atomic mass is 10.3. The molecule has 0 saturated heterocycles. The van der Waals surface area contributed by atoms with Crippen molar-refractivity contribution in [2.24, 2.45) is 0 Å². The average molecular weight is 384 g/mol. The maximum Gasteiger partial charge on any atom is 0.323 e. The van der Waals surface area contributed by atoms with Crippen LogP contribution in [0.1, 0.15) is 0 Å². The van der Waals surface area contributed by atoms with Crippen LogP contribution in [0.25, 0.3) is 0 Å². The van der Waals surface area contributed by atoms with Crippen molar-refractivity contribution < 1.29 is 13.2 Å². The lowest BCUT2D eigenvalue weighted by Crippen LogP contribution is -2.19. The third-order valence-corrected chi connectivity index (χ3v) is 3.68. The van der Waals surface area contributed by atoms with E-state index in [1.807, 2.05) is 12.1 Å². The van der Waals surface area contributed by atoms with Gasteiger partial charge in [0.2, 0.25) is 10.0 Å². The molecule has 2 amide bonds. The molecule has 0 fully saturated rings. The van der Waals surface area contributed by atoms with Crippen LogP contribution < -0.4 is 15.4 Å².